The third-order valence-electron chi connectivity index (χ3n) is 3.16. The fourth-order valence-electron chi connectivity index (χ4n) is 2.11. The molecule has 3 aromatic rings. The molecule has 0 saturated heterocycles. The van der Waals surface area contributed by atoms with Gasteiger partial charge >= 0.3 is 5.69 Å². The molecule has 0 spiro atoms. The van der Waals surface area contributed by atoms with Crippen molar-refractivity contribution in [1.82, 2.24) is 9.97 Å². The Morgan fingerprint density at radius 1 is 1.35 bits per heavy atom. The van der Waals surface area contributed by atoms with Crippen molar-refractivity contribution in [2.24, 2.45) is 0 Å². The van der Waals surface area contributed by atoms with Gasteiger partial charge in [-0.15, -0.1) is 23.1 Å². The van der Waals surface area contributed by atoms with Crippen molar-refractivity contribution in [2.45, 2.75) is 9.96 Å². The maximum atomic E-state index is 11.8. The maximum Gasteiger partial charge on any atom is 0.326 e. The van der Waals surface area contributed by atoms with Crippen molar-refractivity contribution in [2.75, 3.05) is 7.11 Å². The standard InChI is InChI=1S/C15H11N3O3S2/c1-21-9-4-2-3-8(5-9)7-22-14-10(6-16)11-12(23-14)13(19)18-15(20)17-11/h2-5H,7H2,1H3,(H2,17,18,19,20). The molecule has 0 aliphatic heterocycles. The second-order valence-corrected chi connectivity index (χ2v) is 6.89. The topological polar surface area (TPSA) is 98.7 Å². The Morgan fingerprint density at radius 2 is 2.17 bits per heavy atom. The second kappa shape index (κ2) is 6.32. The van der Waals surface area contributed by atoms with Gasteiger partial charge in [-0.3, -0.25) is 9.78 Å². The molecule has 0 bridgehead atoms. The van der Waals surface area contributed by atoms with Crippen LogP contribution in [0.4, 0.5) is 0 Å². The molecule has 2 N–H and O–H groups in total. The number of rotatable bonds is 4. The molecule has 0 aliphatic carbocycles. The smallest absolute Gasteiger partial charge is 0.326 e. The van der Waals surface area contributed by atoms with Crippen LogP contribution in [0, 0.1) is 11.3 Å². The van der Waals surface area contributed by atoms with Gasteiger partial charge in [-0.25, -0.2) is 4.79 Å². The number of benzene rings is 1. The Kier molecular flexibility index (Phi) is 4.23. The van der Waals surface area contributed by atoms with Crippen LogP contribution in [0.3, 0.4) is 0 Å². The van der Waals surface area contributed by atoms with Crippen molar-refractivity contribution in [3.63, 3.8) is 0 Å². The summed E-state index contributed by atoms with van der Waals surface area (Å²) in [6.07, 6.45) is 0. The summed E-state index contributed by atoms with van der Waals surface area (Å²) in [5.74, 6) is 1.39. The Balaban J connectivity index is 1.97. The molecule has 1 aromatic carbocycles. The lowest BCUT2D eigenvalue weighted by atomic mass is 10.2. The molecule has 0 saturated carbocycles. The first-order valence-electron chi connectivity index (χ1n) is 6.57. The van der Waals surface area contributed by atoms with Crippen LogP contribution in [0.5, 0.6) is 5.75 Å². The van der Waals surface area contributed by atoms with Gasteiger partial charge in [0.15, 0.2) is 0 Å². The molecule has 0 aliphatic rings. The van der Waals surface area contributed by atoms with Crippen LogP contribution in [-0.4, -0.2) is 17.1 Å². The SMILES string of the molecule is COc1cccc(CSc2sc3c(=O)[nH]c(=O)[nH]c3c2C#N)c1. The van der Waals surface area contributed by atoms with E-state index in [0.29, 0.717) is 25.7 Å². The number of fused-ring (bicyclic) bond motifs is 1. The quantitative estimate of drug-likeness (QED) is 0.708. The summed E-state index contributed by atoms with van der Waals surface area (Å²) >= 11 is 2.66. The maximum absolute atomic E-state index is 11.8. The molecule has 0 unspecified atom stereocenters. The summed E-state index contributed by atoms with van der Waals surface area (Å²) in [4.78, 5) is 27.9. The van der Waals surface area contributed by atoms with E-state index in [0.717, 1.165) is 11.3 Å². The molecule has 2 heterocycles. The summed E-state index contributed by atoms with van der Waals surface area (Å²) in [6.45, 7) is 0. The number of methoxy groups -OCH3 is 1. The van der Waals surface area contributed by atoms with E-state index >= 15 is 0 Å². The zero-order chi connectivity index (χ0) is 16.4. The minimum Gasteiger partial charge on any atom is -0.497 e. The first-order chi connectivity index (χ1) is 11.1. The zero-order valence-electron chi connectivity index (χ0n) is 12.0. The zero-order valence-corrected chi connectivity index (χ0v) is 13.6. The number of nitrogens with one attached hydrogen (secondary N) is 2. The van der Waals surface area contributed by atoms with Crippen molar-refractivity contribution < 1.29 is 4.74 Å². The van der Waals surface area contributed by atoms with Crippen molar-refractivity contribution in [3.05, 3.63) is 56.2 Å². The molecule has 0 fully saturated rings. The van der Waals surface area contributed by atoms with E-state index in [9.17, 15) is 14.9 Å². The first-order valence-corrected chi connectivity index (χ1v) is 8.37. The van der Waals surface area contributed by atoms with Crippen LogP contribution < -0.4 is 16.0 Å². The molecule has 0 atom stereocenters. The number of nitrogens with zero attached hydrogens (tertiary/aromatic N) is 1. The summed E-state index contributed by atoms with van der Waals surface area (Å²) in [7, 11) is 1.61. The lowest BCUT2D eigenvalue weighted by Gasteiger charge is -2.03. The molecule has 0 radical (unpaired) electrons. The number of aromatic nitrogens is 2. The second-order valence-electron chi connectivity index (χ2n) is 4.63. The largest absolute Gasteiger partial charge is 0.497 e. The fraction of sp³-hybridized carbons (Fsp3) is 0.133. The van der Waals surface area contributed by atoms with E-state index in [2.05, 4.69) is 16.0 Å². The van der Waals surface area contributed by atoms with Gasteiger partial charge in [0.25, 0.3) is 5.56 Å². The molecule has 3 rings (SSSR count). The third kappa shape index (κ3) is 3.02. The predicted octanol–water partition coefficient (Wildman–Crippen LogP) is 2.45. The number of H-pyrrole nitrogens is 2. The van der Waals surface area contributed by atoms with Crippen molar-refractivity contribution in [1.29, 1.82) is 5.26 Å². The van der Waals surface area contributed by atoms with Gasteiger partial charge in [0.2, 0.25) is 0 Å². The summed E-state index contributed by atoms with van der Waals surface area (Å²) in [5.41, 5.74) is 0.596. The predicted molar refractivity (Wildman–Crippen MR) is 90.3 cm³/mol. The van der Waals surface area contributed by atoms with Crippen LogP contribution in [-0.2, 0) is 5.75 Å². The normalized spacial score (nSPS) is 10.6. The van der Waals surface area contributed by atoms with Gasteiger partial charge in [0, 0.05) is 5.75 Å². The molecular weight excluding hydrogens is 334 g/mol. The first kappa shape index (κ1) is 15.4. The molecule has 2 aromatic heterocycles. The number of hydrogen-bond donors (Lipinski definition) is 2. The number of aromatic amines is 2. The van der Waals surface area contributed by atoms with Crippen molar-refractivity contribution >= 4 is 33.3 Å². The van der Waals surface area contributed by atoms with E-state index in [1.54, 1.807) is 7.11 Å². The molecule has 6 nitrogen and oxygen atoms in total. The minimum absolute atomic E-state index is 0.305. The highest BCUT2D eigenvalue weighted by Gasteiger charge is 2.16. The van der Waals surface area contributed by atoms with Crippen LogP contribution in [0.1, 0.15) is 11.1 Å². The molecule has 23 heavy (non-hydrogen) atoms. The highest BCUT2D eigenvalue weighted by molar-refractivity contribution is 8.00. The Hall–Kier alpha value is -2.50. The Morgan fingerprint density at radius 3 is 2.91 bits per heavy atom. The van der Waals surface area contributed by atoms with Gasteiger partial charge < -0.3 is 9.72 Å². The van der Waals surface area contributed by atoms with Crippen LogP contribution in [0.15, 0.2) is 38.1 Å². The molecule has 8 heteroatoms. The average molecular weight is 345 g/mol. The van der Waals surface area contributed by atoms with Crippen LogP contribution in [0.25, 0.3) is 10.2 Å². The summed E-state index contributed by atoms with van der Waals surface area (Å²) in [5, 5.41) is 9.36. The number of thiophene rings is 1. The van der Waals surface area contributed by atoms with E-state index in [1.807, 2.05) is 24.3 Å². The number of nitriles is 1. The van der Waals surface area contributed by atoms with E-state index in [4.69, 9.17) is 4.74 Å². The van der Waals surface area contributed by atoms with Gasteiger partial charge in [-0.1, -0.05) is 12.1 Å². The summed E-state index contributed by atoms with van der Waals surface area (Å²) < 4.78 is 6.25. The van der Waals surface area contributed by atoms with Crippen LogP contribution in [0.2, 0.25) is 0 Å². The van der Waals surface area contributed by atoms with Gasteiger partial charge in [-0.05, 0) is 17.7 Å². The van der Waals surface area contributed by atoms with Gasteiger partial charge in [-0.2, -0.15) is 5.26 Å². The van der Waals surface area contributed by atoms with E-state index in [1.165, 1.54) is 23.1 Å². The van der Waals surface area contributed by atoms with Gasteiger partial charge in [0.05, 0.1) is 16.8 Å². The Labute approximate surface area is 138 Å². The van der Waals surface area contributed by atoms with Crippen molar-refractivity contribution in [3.8, 4) is 11.8 Å². The van der Waals surface area contributed by atoms with E-state index in [-0.39, 0.29) is 0 Å². The van der Waals surface area contributed by atoms with Gasteiger partial charge in [0.1, 0.15) is 22.1 Å². The highest BCUT2D eigenvalue weighted by atomic mass is 32.2. The molecule has 116 valence electrons. The highest BCUT2D eigenvalue weighted by Crippen LogP contribution is 2.36. The lowest BCUT2D eigenvalue weighted by Crippen LogP contribution is -2.20. The monoisotopic (exact) mass is 345 g/mol. The lowest BCUT2D eigenvalue weighted by molar-refractivity contribution is 0.414. The van der Waals surface area contributed by atoms with Crippen LogP contribution >= 0.6 is 23.1 Å². The number of hydrogen-bond acceptors (Lipinski definition) is 6. The third-order valence-corrected chi connectivity index (χ3v) is 5.69. The average Bonchev–Trinajstić information content (AvgIpc) is 2.91. The number of ether oxygens (including phenoxy) is 1. The fourth-order valence-corrected chi connectivity index (χ4v) is 4.37. The summed E-state index contributed by atoms with van der Waals surface area (Å²) in [6, 6.07) is 9.71. The Bertz CT molecular complexity index is 1030. The minimum atomic E-state index is -0.610. The molecule has 0 amide bonds. The molecular formula is C15H11N3O3S2. The number of thioether (sulfide) groups is 1. The van der Waals surface area contributed by atoms with E-state index < -0.39 is 11.2 Å².